The zero-order valence-corrected chi connectivity index (χ0v) is 22.1. The van der Waals surface area contributed by atoms with E-state index in [4.69, 9.17) is 9.72 Å². The van der Waals surface area contributed by atoms with Gasteiger partial charge in [-0.05, 0) is 57.0 Å². The molecule has 2 amide bonds. The number of nitro groups is 1. The number of carbonyl (C=O) groups is 2. The summed E-state index contributed by atoms with van der Waals surface area (Å²) in [7, 11) is 0. The number of piperidine rings is 1. The Morgan fingerprint density at radius 1 is 1.10 bits per heavy atom. The van der Waals surface area contributed by atoms with Gasteiger partial charge in [0, 0.05) is 49.0 Å². The molecule has 0 unspecified atom stereocenters. The summed E-state index contributed by atoms with van der Waals surface area (Å²) in [6.45, 7) is 5.70. The summed E-state index contributed by atoms with van der Waals surface area (Å²) in [6, 6.07) is 17.6. The van der Waals surface area contributed by atoms with Crippen LogP contribution < -0.4 is 10.1 Å². The third kappa shape index (κ3) is 6.87. The Hall–Kier alpha value is -4.53. The summed E-state index contributed by atoms with van der Waals surface area (Å²) >= 11 is 0. The molecule has 3 aromatic rings. The lowest BCUT2D eigenvalue weighted by molar-refractivity contribution is -0.385. The zero-order chi connectivity index (χ0) is 27.8. The van der Waals surface area contributed by atoms with Crippen LogP contribution >= 0.6 is 0 Å². The summed E-state index contributed by atoms with van der Waals surface area (Å²) in [5.41, 5.74) is 3.35. The first-order valence-electron chi connectivity index (χ1n) is 13.0. The number of pyridine rings is 1. The van der Waals surface area contributed by atoms with E-state index in [0.29, 0.717) is 50.2 Å². The maximum Gasteiger partial charge on any atom is 0.276 e. The number of para-hydroxylation sites is 2. The molecule has 39 heavy (non-hydrogen) atoms. The fourth-order valence-corrected chi connectivity index (χ4v) is 4.73. The highest BCUT2D eigenvalue weighted by Gasteiger charge is 2.27. The predicted octanol–water partition coefficient (Wildman–Crippen LogP) is 5.05. The van der Waals surface area contributed by atoms with Crippen molar-refractivity contribution in [3.8, 4) is 5.75 Å². The third-order valence-electron chi connectivity index (χ3n) is 6.75. The van der Waals surface area contributed by atoms with Gasteiger partial charge in [0.1, 0.15) is 5.75 Å². The molecule has 1 N–H and O–H groups in total. The molecule has 0 atom stereocenters. The second kappa shape index (κ2) is 12.8. The van der Waals surface area contributed by atoms with E-state index in [2.05, 4.69) is 5.32 Å². The van der Waals surface area contributed by atoms with Crippen LogP contribution in [-0.2, 0) is 11.3 Å². The van der Waals surface area contributed by atoms with Crippen LogP contribution in [-0.4, -0.2) is 46.3 Å². The van der Waals surface area contributed by atoms with Gasteiger partial charge in [-0.3, -0.25) is 24.7 Å². The van der Waals surface area contributed by atoms with Crippen molar-refractivity contribution in [2.75, 3.05) is 19.7 Å². The number of nitrogens with one attached hydrogen (secondary N) is 1. The van der Waals surface area contributed by atoms with Gasteiger partial charge >= 0.3 is 0 Å². The van der Waals surface area contributed by atoms with Crippen molar-refractivity contribution in [2.45, 2.75) is 39.2 Å². The van der Waals surface area contributed by atoms with Gasteiger partial charge < -0.3 is 15.0 Å². The maximum absolute atomic E-state index is 13.2. The van der Waals surface area contributed by atoms with E-state index in [1.165, 1.54) is 18.2 Å². The molecule has 0 spiro atoms. The van der Waals surface area contributed by atoms with E-state index in [1.807, 2.05) is 50.2 Å². The molecule has 9 heteroatoms. The average molecular weight is 529 g/mol. The second-order valence-electron chi connectivity index (χ2n) is 9.36. The van der Waals surface area contributed by atoms with Gasteiger partial charge in [-0.15, -0.1) is 0 Å². The van der Waals surface area contributed by atoms with Crippen LogP contribution in [0.1, 0.15) is 58.6 Å². The largest absolute Gasteiger partial charge is 0.494 e. The number of likely N-dealkylation sites (tertiary alicyclic amines) is 1. The first-order valence-corrected chi connectivity index (χ1v) is 13.0. The number of hydrogen-bond donors (Lipinski definition) is 1. The SMILES string of the molecule is CCOc1ccccc1CNC(=O)c1ccc(C)nc1C1CCN(C(=O)C=Cc2ccccc2[N+](=O)[O-])CC1. The number of aryl methyl sites for hydroxylation is 1. The lowest BCUT2D eigenvalue weighted by Crippen LogP contribution is -2.37. The smallest absolute Gasteiger partial charge is 0.276 e. The van der Waals surface area contributed by atoms with E-state index < -0.39 is 4.92 Å². The maximum atomic E-state index is 13.2. The third-order valence-corrected chi connectivity index (χ3v) is 6.75. The van der Waals surface area contributed by atoms with Crippen LogP contribution in [0.25, 0.3) is 6.08 Å². The molecule has 202 valence electrons. The Bertz CT molecular complexity index is 1380. The number of ether oxygens (including phenoxy) is 1. The van der Waals surface area contributed by atoms with E-state index in [1.54, 1.807) is 23.1 Å². The lowest BCUT2D eigenvalue weighted by atomic mass is 9.89. The summed E-state index contributed by atoms with van der Waals surface area (Å²) in [5, 5.41) is 14.2. The second-order valence-corrected chi connectivity index (χ2v) is 9.36. The first-order chi connectivity index (χ1) is 18.9. The van der Waals surface area contributed by atoms with Crippen LogP contribution in [0, 0.1) is 17.0 Å². The van der Waals surface area contributed by atoms with E-state index >= 15 is 0 Å². The number of aromatic nitrogens is 1. The zero-order valence-electron chi connectivity index (χ0n) is 22.1. The summed E-state index contributed by atoms with van der Waals surface area (Å²) < 4.78 is 5.67. The average Bonchev–Trinajstić information content (AvgIpc) is 2.95. The first kappa shape index (κ1) is 27.5. The van der Waals surface area contributed by atoms with Gasteiger partial charge in [0.15, 0.2) is 0 Å². The topological polar surface area (TPSA) is 115 Å². The van der Waals surface area contributed by atoms with Crippen molar-refractivity contribution in [2.24, 2.45) is 0 Å². The van der Waals surface area contributed by atoms with Crippen molar-refractivity contribution in [3.63, 3.8) is 0 Å². The van der Waals surface area contributed by atoms with Crippen molar-refractivity contribution in [3.05, 3.63) is 105 Å². The Morgan fingerprint density at radius 3 is 2.56 bits per heavy atom. The number of benzene rings is 2. The molecular weight excluding hydrogens is 496 g/mol. The highest BCUT2D eigenvalue weighted by atomic mass is 16.6. The number of nitro benzene ring substituents is 1. The van der Waals surface area contributed by atoms with E-state index in [0.717, 1.165) is 22.7 Å². The molecule has 0 radical (unpaired) electrons. The molecular formula is C30H32N4O5. The van der Waals surface area contributed by atoms with Crippen molar-refractivity contribution >= 4 is 23.6 Å². The van der Waals surface area contributed by atoms with Crippen LogP contribution in [0.3, 0.4) is 0 Å². The van der Waals surface area contributed by atoms with Crippen LogP contribution in [0.4, 0.5) is 5.69 Å². The minimum absolute atomic E-state index is 0.0320. The van der Waals surface area contributed by atoms with Crippen molar-refractivity contribution in [1.29, 1.82) is 0 Å². The van der Waals surface area contributed by atoms with Crippen LogP contribution in [0.2, 0.25) is 0 Å². The Kier molecular flexibility index (Phi) is 9.04. The number of amides is 2. The Morgan fingerprint density at radius 2 is 1.82 bits per heavy atom. The monoisotopic (exact) mass is 528 g/mol. The fourth-order valence-electron chi connectivity index (χ4n) is 4.73. The normalized spacial score (nSPS) is 13.8. The van der Waals surface area contributed by atoms with Crippen LogP contribution in [0.5, 0.6) is 5.75 Å². The number of carbonyl (C=O) groups excluding carboxylic acids is 2. The molecule has 4 rings (SSSR count). The summed E-state index contributed by atoms with van der Waals surface area (Å²) in [6.07, 6.45) is 4.19. The fraction of sp³-hybridized carbons (Fsp3) is 0.300. The molecule has 1 aliphatic rings. The molecule has 1 aromatic heterocycles. The number of hydrogen-bond acceptors (Lipinski definition) is 6. The van der Waals surface area contributed by atoms with Gasteiger partial charge in [0.2, 0.25) is 5.91 Å². The minimum atomic E-state index is -0.462. The minimum Gasteiger partial charge on any atom is -0.494 e. The van der Waals surface area contributed by atoms with Gasteiger partial charge in [0.25, 0.3) is 11.6 Å². The van der Waals surface area contributed by atoms with Gasteiger partial charge in [-0.25, -0.2) is 0 Å². The quantitative estimate of drug-likeness (QED) is 0.236. The molecule has 1 fully saturated rings. The van der Waals surface area contributed by atoms with Crippen molar-refractivity contribution < 1.29 is 19.2 Å². The van der Waals surface area contributed by atoms with Gasteiger partial charge in [-0.1, -0.05) is 30.3 Å². The molecule has 1 aliphatic heterocycles. The number of nitrogens with zero attached hydrogens (tertiary/aromatic N) is 3. The Balaban J connectivity index is 1.41. The highest BCUT2D eigenvalue weighted by Crippen LogP contribution is 2.30. The molecule has 2 heterocycles. The molecule has 0 saturated carbocycles. The highest BCUT2D eigenvalue weighted by molar-refractivity contribution is 5.95. The van der Waals surface area contributed by atoms with E-state index in [-0.39, 0.29) is 23.4 Å². The number of rotatable bonds is 9. The Labute approximate surface area is 227 Å². The molecule has 0 aliphatic carbocycles. The summed E-state index contributed by atoms with van der Waals surface area (Å²) in [5.74, 6) is 0.379. The van der Waals surface area contributed by atoms with E-state index in [9.17, 15) is 19.7 Å². The standard InChI is InChI=1S/C30H32N4O5/c1-3-39-27-11-7-5-9-24(27)20-31-30(36)25-14-12-21(2)32-29(25)23-16-18-33(19-17-23)28(35)15-13-22-8-4-6-10-26(22)34(37)38/h4-15,23H,3,16-20H2,1-2H3,(H,31,36). The lowest BCUT2D eigenvalue weighted by Gasteiger charge is -2.32. The molecule has 2 aromatic carbocycles. The predicted molar refractivity (Wildman–Crippen MR) is 148 cm³/mol. The molecule has 1 saturated heterocycles. The van der Waals surface area contributed by atoms with Crippen molar-refractivity contribution in [1.82, 2.24) is 15.2 Å². The van der Waals surface area contributed by atoms with Gasteiger partial charge in [-0.2, -0.15) is 0 Å². The van der Waals surface area contributed by atoms with Crippen LogP contribution in [0.15, 0.2) is 66.7 Å². The van der Waals surface area contributed by atoms with Gasteiger partial charge in [0.05, 0.1) is 28.4 Å². The molecule has 0 bridgehead atoms. The molecule has 9 nitrogen and oxygen atoms in total. The summed E-state index contributed by atoms with van der Waals surface area (Å²) in [4.78, 5) is 43.2.